The zero-order chi connectivity index (χ0) is 18.1. The van der Waals surface area contributed by atoms with Crippen LogP contribution in [-0.2, 0) is 5.41 Å². The van der Waals surface area contributed by atoms with Crippen molar-refractivity contribution in [3.05, 3.63) is 57.6 Å². The molecule has 0 heterocycles. The van der Waals surface area contributed by atoms with E-state index in [9.17, 15) is 4.79 Å². The van der Waals surface area contributed by atoms with Gasteiger partial charge in [0, 0.05) is 0 Å². The molecule has 0 radical (unpaired) electrons. The lowest BCUT2D eigenvalue weighted by Gasteiger charge is -2.22. The van der Waals surface area contributed by atoms with Crippen molar-refractivity contribution in [2.75, 3.05) is 7.11 Å². The molecule has 2 aromatic carbocycles. The highest BCUT2D eigenvalue weighted by Crippen LogP contribution is 2.34. The Bertz CT molecular complexity index is 753. The zero-order valence-corrected chi connectivity index (χ0v) is 16.8. The minimum absolute atomic E-state index is 0.00663. The van der Waals surface area contributed by atoms with Gasteiger partial charge in [-0.3, -0.25) is 4.79 Å². The molecular formula is C20H24ClO2P. The standard InChI is InChI=1S/C20H24ClO2P/c1-12-10-14(20(3,4)5)11-13(2)18(12)24-19(22)17-15(21)8-7-9-16(17)23-6/h7-11,24H,1-6H3. The highest BCUT2D eigenvalue weighted by molar-refractivity contribution is 7.66. The van der Waals surface area contributed by atoms with Gasteiger partial charge in [0.15, 0.2) is 5.52 Å². The summed E-state index contributed by atoms with van der Waals surface area (Å²) in [5.41, 5.74) is 4.16. The van der Waals surface area contributed by atoms with Crippen molar-refractivity contribution >= 4 is 31.0 Å². The van der Waals surface area contributed by atoms with E-state index >= 15 is 0 Å². The molecule has 4 heteroatoms. The normalized spacial score (nSPS) is 12.0. The van der Waals surface area contributed by atoms with Crippen LogP contribution in [0.3, 0.4) is 0 Å². The third-order valence-electron chi connectivity index (χ3n) is 4.06. The molecule has 2 nitrogen and oxygen atoms in total. The number of benzene rings is 2. The molecule has 0 saturated carbocycles. The second-order valence-corrected chi connectivity index (χ2v) is 8.62. The van der Waals surface area contributed by atoms with Crippen LogP contribution in [-0.4, -0.2) is 12.6 Å². The van der Waals surface area contributed by atoms with Crippen LogP contribution in [0.25, 0.3) is 0 Å². The Kier molecular flexibility index (Phi) is 5.73. The van der Waals surface area contributed by atoms with E-state index in [1.54, 1.807) is 25.3 Å². The summed E-state index contributed by atoms with van der Waals surface area (Å²) in [5, 5.41) is 1.53. The number of hydrogen-bond acceptors (Lipinski definition) is 2. The smallest absolute Gasteiger partial charge is 0.190 e. The minimum atomic E-state index is 0.00663. The van der Waals surface area contributed by atoms with E-state index in [4.69, 9.17) is 16.3 Å². The van der Waals surface area contributed by atoms with Crippen LogP contribution in [0, 0.1) is 13.8 Å². The lowest BCUT2D eigenvalue weighted by Crippen LogP contribution is -2.16. The summed E-state index contributed by atoms with van der Waals surface area (Å²) in [6.07, 6.45) is 0. The third-order valence-corrected chi connectivity index (χ3v) is 5.89. The molecule has 2 rings (SSSR count). The fraction of sp³-hybridized carbons (Fsp3) is 0.350. The Hall–Kier alpha value is -1.37. The van der Waals surface area contributed by atoms with Gasteiger partial charge in [-0.25, -0.2) is 0 Å². The van der Waals surface area contributed by atoms with E-state index in [0.29, 0.717) is 16.3 Å². The van der Waals surface area contributed by atoms with Crippen LogP contribution in [0.15, 0.2) is 30.3 Å². The molecule has 2 aromatic rings. The molecule has 0 amide bonds. The number of ether oxygens (including phenoxy) is 1. The summed E-state index contributed by atoms with van der Waals surface area (Å²) in [5.74, 6) is 0.529. The number of aryl methyl sites for hydroxylation is 2. The monoisotopic (exact) mass is 362 g/mol. The molecule has 24 heavy (non-hydrogen) atoms. The fourth-order valence-corrected chi connectivity index (χ4v) is 4.14. The lowest BCUT2D eigenvalue weighted by atomic mass is 9.85. The molecule has 0 aromatic heterocycles. The molecule has 1 atom stereocenters. The Morgan fingerprint density at radius 1 is 1.12 bits per heavy atom. The van der Waals surface area contributed by atoms with E-state index in [1.165, 1.54) is 5.56 Å². The number of hydrogen-bond donors (Lipinski definition) is 0. The summed E-state index contributed by atoms with van der Waals surface area (Å²) >= 11 is 6.24. The van der Waals surface area contributed by atoms with Crippen molar-refractivity contribution in [3.63, 3.8) is 0 Å². The van der Waals surface area contributed by atoms with Gasteiger partial charge in [-0.15, -0.1) is 0 Å². The number of halogens is 1. The van der Waals surface area contributed by atoms with E-state index in [-0.39, 0.29) is 19.5 Å². The molecule has 128 valence electrons. The Labute approximate surface area is 151 Å². The van der Waals surface area contributed by atoms with Crippen LogP contribution in [0.5, 0.6) is 5.75 Å². The van der Waals surface area contributed by atoms with E-state index in [0.717, 1.165) is 16.4 Å². The van der Waals surface area contributed by atoms with Crippen molar-refractivity contribution in [2.45, 2.75) is 40.0 Å². The molecule has 0 aliphatic carbocycles. The van der Waals surface area contributed by atoms with Crippen molar-refractivity contribution in [2.24, 2.45) is 0 Å². The van der Waals surface area contributed by atoms with E-state index < -0.39 is 0 Å². The maximum atomic E-state index is 12.8. The SMILES string of the molecule is COc1cccc(Cl)c1C(=O)Pc1c(C)cc(C(C)(C)C)cc1C. The lowest BCUT2D eigenvalue weighted by molar-refractivity contribution is 0.108. The van der Waals surface area contributed by atoms with Gasteiger partial charge in [0.2, 0.25) is 0 Å². The van der Waals surface area contributed by atoms with Gasteiger partial charge in [-0.1, -0.05) is 50.6 Å². The molecule has 0 spiro atoms. The predicted molar refractivity (Wildman–Crippen MR) is 105 cm³/mol. The first-order valence-corrected chi connectivity index (χ1v) is 9.28. The number of rotatable bonds is 4. The highest BCUT2D eigenvalue weighted by atomic mass is 35.5. The number of carbonyl (C=O) groups excluding carboxylic acids is 1. The molecule has 0 N–H and O–H groups in total. The predicted octanol–water partition coefficient (Wildman–Crippen LogP) is 5.41. The minimum Gasteiger partial charge on any atom is -0.496 e. The van der Waals surface area contributed by atoms with Crippen molar-refractivity contribution in [3.8, 4) is 5.75 Å². The second-order valence-electron chi connectivity index (χ2n) is 7.01. The largest absolute Gasteiger partial charge is 0.496 e. The highest BCUT2D eigenvalue weighted by Gasteiger charge is 2.20. The van der Waals surface area contributed by atoms with Crippen molar-refractivity contribution in [1.82, 2.24) is 0 Å². The summed E-state index contributed by atoms with van der Waals surface area (Å²) in [4.78, 5) is 12.8. The summed E-state index contributed by atoms with van der Waals surface area (Å²) in [7, 11) is 1.58. The van der Waals surface area contributed by atoms with E-state index in [1.807, 2.05) is 0 Å². The van der Waals surface area contributed by atoms with Gasteiger partial charge in [0.25, 0.3) is 0 Å². The van der Waals surface area contributed by atoms with Crippen molar-refractivity contribution in [1.29, 1.82) is 0 Å². The third kappa shape index (κ3) is 3.99. The van der Waals surface area contributed by atoms with Gasteiger partial charge in [-0.2, -0.15) is 0 Å². The topological polar surface area (TPSA) is 26.3 Å². The first-order chi connectivity index (χ1) is 11.1. The van der Waals surface area contributed by atoms with Crippen molar-refractivity contribution < 1.29 is 9.53 Å². The molecule has 0 bridgehead atoms. The molecule has 0 aliphatic heterocycles. The zero-order valence-electron chi connectivity index (χ0n) is 15.1. The van der Waals surface area contributed by atoms with E-state index in [2.05, 4.69) is 46.8 Å². The number of methoxy groups -OCH3 is 1. The first-order valence-electron chi connectivity index (χ1n) is 7.90. The Morgan fingerprint density at radius 2 is 1.71 bits per heavy atom. The Morgan fingerprint density at radius 3 is 2.21 bits per heavy atom. The van der Waals surface area contributed by atoms with Gasteiger partial charge >= 0.3 is 0 Å². The van der Waals surface area contributed by atoms with Crippen LogP contribution >= 0.6 is 20.2 Å². The molecule has 0 saturated heterocycles. The van der Waals surface area contributed by atoms with Crippen LogP contribution in [0.2, 0.25) is 5.02 Å². The summed E-state index contributed by atoms with van der Waals surface area (Å²) in [6, 6.07) is 9.66. The fourth-order valence-electron chi connectivity index (χ4n) is 2.66. The average Bonchev–Trinajstić information content (AvgIpc) is 2.49. The summed E-state index contributed by atoms with van der Waals surface area (Å²) in [6.45, 7) is 10.7. The molecule has 0 fully saturated rings. The van der Waals surface area contributed by atoms with Gasteiger partial charge in [0.05, 0.1) is 17.7 Å². The second kappa shape index (κ2) is 7.25. The first kappa shape index (κ1) is 19.0. The van der Waals surface area contributed by atoms with Crippen LogP contribution < -0.4 is 10.0 Å². The maximum absolute atomic E-state index is 12.8. The van der Waals surface area contributed by atoms with Crippen LogP contribution in [0.4, 0.5) is 0 Å². The number of carbonyl (C=O) groups is 1. The maximum Gasteiger partial charge on any atom is 0.190 e. The van der Waals surface area contributed by atoms with Gasteiger partial charge < -0.3 is 4.74 Å². The molecular weight excluding hydrogens is 339 g/mol. The van der Waals surface area contributed by atoms with Gasteiger partial charge in [-0.05, 0) is 62.0 Å². The molecule has 1 unspecified atom stereocenters. The molecule has 0 aliphatic rings. The summed E-state index contributed by atoms with van der Waals surface area (Å²) < 4.78 is 5.31. The Balaban J connectivity index is 2.41. The van der Waals surface area contributed by atoms with Gasteiger partial charge in [0.1, 0.15) is 5.75 Å². The average molecular weight is 363 g/mol. The van der Waals surface area contributed by atoms with Crippen LogP contribution in [0.1, 0.15) is 47.8 Å². The quantitative estimate of drug-likeness (QED) is 0.680.